The molecule has 2 aliphatic heterocycles. The minimum Gasteiger partial charge on any atom is -0.282 e. The highest BCUT2D eigenvalue weighted by atomic mass is 35.5. The third kappa shape index (κ3) is 4.13. The number of para-hydroxylation sites is 1. The van der Waals surface area contributed by atoms with Gasteiger partial charge < -0.3 is 0 Å². The molecule has 8 heteroatoms. The largest absolute Gasteiger partial charge is 0.286 e. The lowest BCUT2D eigenvalue weighted by atomic mass is 9.91. The molecular weight excluding hydrogens is 491 g/mol. The fourth-order valence-corrected chi connectivity index (χ4v) is 5.37. The maximum atomic E-state index is 13.5. The molecule has 0 radical (unpaired) electrons. The van der Waals surface area contributed by atoms with Crippen molar-refractivity contribution in [2.24, 2.45) is 11.0 Å². The summed E-state index contributed by atoms with van der Waals surface area (Å²) in [5.74, 6) is -0.441. The molecule has 34 heavy (non-hydrogen) atoms. The zero-order valence-corrected chi connectivity index (χ0v) is 20.9. The molecule has 3 aromatic rings. The van der Waals surface area contributed by atoms with Crippen molar-refractivity contribution in [2.75, 3.05) is 10.0 Å². The first-order valence-corrected chi connectivity index (χ1v) is 12.2. The summed E-state index contributed by atoms with van der Waals surface area (Å²) in [4.78, 5) is 13.5. The lowest BCUT2D eigenvalue weighted by Crippen LogP contribution is -2.49. The summed E-state index contributed by atoms with van der Waals surface area (Å²) in [7, 11) is 0. The van der Waals surface area contributed by atoms with E-state index in [1.165, 1.54) is 5.56 Å². The van der Waals surface area contributed by atoms with Gasteiger partial charge in [-0.1, -0.05) is 72.1 Å². The number of hydrazine groups is 1. The van der Waals surface area contributed by atoms with E-state index < -0.39 is 0 Å². The maximum absolute atomic E-state index is 13.5. The van der Waals surface area contributed by atoms with Crippen molar-refractivity contribution in [2.45, 2.75) is 32.4 Å². The second kappa shape index (κ2) is 9.14. The van der Waals surface area contributed by atoms with E-state index in [1.54, 1.807) is 12.1 Å². The molecule has 0 spiro atoms. The number of amides is 1. The van der Waals surface area contributed by atoms with Gasteiger partial charge in [0, 0.05) is 16.0 Å². The number of fused-ring (bicyclic) bond motifs is 1. The number of hydrogen-bond acceptors (Lipinski definition) is 4. The average molecular weight is 514 g/mol. The molecule has 1 amide bonds. The van der Waals surface area contributed by atoms with E-state index in [0.717, 1.165) is 17.7 Å². The van der Waals surface area contributed by atoms with E-state index in [1.807, 2.05) is 65.5 Å². The molecular formula is C26H23Cl3N4O. The van der Waals surface area contributed by atoms with Crippen molar-refractivity contribution in [3.8, 4) is 0 Å². The first kappa shape index (κ1) is 23.0. The van der Waals surface area contributed by atoms with Gasteiger partial charge in [-0.25, -0.2) is 0 Å². The van der Waals surface area contributed by atoms with E-state index in [0.29, 0.717) is 26.5 Å². The van der Waals surface area contributed by atoms with Gasteiger partial charge in [0.1, 0.15) is 5.71 Å². The van der Waals surface area contributed by atoms with Crippen LogP contribution in [-0.2, 0) is 11.2 Å². The van der Waals surface area contributed by atoms with E-state index in [4.69, 9.17) is 39.9 Å². The number of benzene rings is 3. The number of carbonyl (C=O) groups is 1. The SMILES string of the molecule is CC1C(C(=O)NN2c3ccccc3CC2C)=NN(c2ccc(Cl)cc2Cl)C1c1ccc(Cl)cc1. The van der Waals surface area contributed by atoms with Crippen LogP contribution in [0.1, 0.15) is 31.0 Å². The topological polar surface area (TPSA) is 47.9 Å². The molecule has 0 aromatic heterocycles. The summed E-state index contributed by atoms with van der Waals surface area (Å²) in [6.45, 7) is 4.10. The highest BCUT2D eigenvalue weighted by Gasteiger charge is 2.41. The van der Waals surface area contributed by atoms with Crippen molar-refractivity contribution in [1.29, 1.82) is 0 Å². The van der Waals surface area contributed by atoms with Gasteiger partial charge in [-0.3, -0.25) is 20.2 Å². The molecule has 3 aromatic carbocycles. The Balaban J connectivity index is 1.50. The number of hydrazone groups is 1. The number of halogens is 3. The van der Waals surface area contributed by atoms with Gasteiger partial charge in [0.05, 0.1) is 28.5 Å². The Morgan fingerprint density at radius 1 is 0.941 bits per heavy atom. The Morgan fingerprint density at radius 2 is 1.65 bits per heavy atom. The third-order valence-electron chi connectivity index (χ3n) is 6.41. The fourth-order valence-electron chi connectivity index (χ4n) is 4.75. The van der Waals surface area contributed by atoms with Gasteiger partial charge in [-0.05, 0) is 60.9 Å². The number of carbonyl (C=O) groups excluding carboxylic acids is 1. The second-order valence-corrected chi connectivity index (χ2v) is 9.98. The van der Waals surface area contributed by atoms with E-state index in [2.05, 4.69) is 18.4 Å². The Morgan fingerprint density at radius 3 is 2.38 bits per heavy atom. The number of nitrogens with one attached hydrogen (secondary N) is 1. The Bertz CT molecular complexity index is 1280. The first-order valence-electron chi connectivity index (χ1n) is 11.1. The zero-order chi connectivity index (χ0) is 24.0. The molecule has 0 bridgehead atoms. The lowest BCUT2D eigenvalue weighted by molar-refractivity contribution is -0.115. The standard InChI is InChI=1S/C26H23Cl3N4O/c1-15-13-18-5-3-4-6-22(18)32(15)31-26(34)24-16(2)25(17-7-9-19(27)10-8-17)33(30-24)23-12-11-20(28)14-21(23)29/h3-12,14-16,25H,13H2,1-2H3,(H,31,34). The van der Waals surface area contributed by atoms with Crippen LogP contribution in [0.25, 0.3) is 0 Å². The van der Waals surface area contributed by atoms with Crippen molar-refractivity contribution >= 4 is 57.8 Å². The van der Waals surface area contributed by atoms with Gasteiger partial charge >= 0.3 is 0 Å². The van der Waals surface area contributed by atoms with Crippen molar-refractivity contribution in [1.82, 2.24) is 5.43 Å². The summed E-state index contributed by atoms with van der Waals surface area (Å²) in [5.41, 5.74) is 7.42. The highest BCUT2D eigenvalue weighted by Crippen LogP contribution is 2.42. The Labute approximate surface area is 213 Å². The van der Waals surface area contributed by atoms with Crippen LogP contribution in [0, 0.1) is 5.92 Å². The van der Waals surface area contributed by atoms with Gasteiger partial charge in [-0.2, -0.15) is 5.10 Å². The Kier molecular flexibility index (Phi) is 6.19. The molecule has 2 aliphatic rings. The molecule has 5 nitrogen and oxygen atoms in total. The summed E-state index contributed by atoms with van der Waals surface area (Å²) < 4.78 is 0. The highest BCUT2D eigenvalue weighted by molar-refractivity contribution is 6.41. The van der Waals surface area contributed by atoms with Crippen molar-refractivity contribution < 1.29 is 4.79 Å². The smallest absolute Gasteiger partial charge is 0.282 e. The average Bonchev–Trinajstić information content (AvgIpc) is 3.31. The number of nitrogens with zero attached hydrogens (tertiary/aromatic N) is 3. The second-order valence-electron chi connectivity index (χ2n) is 8.70. The predicted molar refractivity (Wildman–Crippen MR) is 140 cm³/mol. The summed E-state index contributed by atoms with van der Waals surface area (Å²) in [6, 6.07) is 20.9. The van der Waals surface area contributed by atoms with Crippen molar-refractivity contribution in [3.63, 3.8) is 0 Å². The van der Waals surface area contributed by atoms with Gasteiger partial charge in [0.2, 0.25) is 0 Å². The molecule has 1 N–H and O–H groups in total. The van der Waals surface area contributed by atoms with Crippen LogP contribution in [-0.4, -0.2) is 17.7 Å². The summed E-state index contributed by atoms with van der Waals surface area (Å²) >= 11 is 18.8. The van der Waals surface area contributed by atoms with Crippen LogP contribution in [0.2, 0.25) is 15.1 Å². The monoisotopic (exact) mass is 512 g/mol. The summed E-state index contributed by atoms with van der Waals surface area (Å²) in [5, 5.41) is 10.2. The molecule has 0 aliphatic carbocycles. The maximum Gasteiger partial charge on any atom is 0.286 e. The van der Waals surface area contributed by atoms with Crippen LogP contribution in [0.15, 0.2) is 71.8 Å². The van der Waals surface area contributed by atoms with E-state index in [9.17, 15) is 4.79 Å². The van der Waals surface area contributed by atoms with Crippen molar-refractivity contribution in [3.05, 3.63) is 92.9 Å². The molecule has 0 fully saturated rings. The number of rotatable bonds is 4. The van der Waals surface area contributed by atoms with Crippen LogP contribution in [0.4, 0.5) is 11.4 Å². The zero-order valence-electron chi connectivity index (χ0n) is 18.7. The van der Waals surface area contributed by atoms with Gasteiger partial charge in [0.25, 0.3) is 5.91 Å². The molecule has 3 unspecified atom stereocenters. The third-order valence-corrected chi connectivity index (χ3v) is 7.20. The number of hydrogen-bond donors (Lipinski definition) is 1. The molecule has 174 valence electrons. The molecule has 0 saturated carbocycles. The predicted octanol–water partition coefficient (Wildman–Crippen LogP) is 6.68. The molecule has 2 heterocycles. The molecule has 0 saturated heterocycles. The first-order chi connectivity index (χ1) is 16.3. The lowest BCUT2D eigenvalue weighted by Gasteiger charge is -2.28. The summed E-state index contributed by atoms with van der Waals surface area (Å²) in [6.07, 6.45) is 0.873. The number of anilines is 2. The minimum absolute atomic E-state index is 0.146. The van der Waals surface area contributed by atoms with Crippen LogP contribution >= 0.6 is 34.8 Å². The van der Waals surface area contributed by atoms with Gasteiger partial charge in [0.15, 0.2) is 0 Å². The minimum atomic E-state index is -0.236. The Hall–Kier alpha value is -2.73. The normalized spacial score (nSPS) is 21.4. The molecule has 5 rings (SSSR count). The van der Waals surface area contributed by atoms with E-state index >= 15 is 0 Å². The van der Waals surface area contributed by atoms with Crippen LogP contribution in [0.3, 0.4) is 0 Å². The quantitative estimate of drug-likeness (QED) is 0.423. The molecule has 3 atom stereocenters. The van der Waals surface area contributed by atoms with Crippen LogP contribution < -0.4 is 15.4 Å². The fraction of sp³-hybridized carbons (Fsp3) is 0.231. The van der Waals surface area contributed by atoms with E-state index in [-0.39, 0.29) is 23.9 Å². The van der Waals surface area contributed by atoms with Gasteiger partial charge in [-0.15, -0.1) is 0 Å². The van der Waals surface area contributed by atoms with Crippen LogP contribution in [0.5, 0.6) is 0 Å².